The number of nitrogens with two attached hydrogens (primary N) is 1. The number of rotatable bonds is 5. The lowest BCUT2D eigenvalue weighted by Gasteiger charge is -2.09. The number of nitrogen functional groups attached to an aromatic ring is 1. The topological polar surface area (TPSA) is 112 Å². The number of nitrogens with one attached hydrogen (secondary N) is 1. The first kappa shape index (κ1) is 12.9. The largest absolute Gasteiger partial charge is 0.461 e. The maximum Gasteiger partial charge on any atom is 0.323 e. The molecule has 0 bridgehead atoms. The standard InChI is InChI=1S/C11H15N7O/c1-7(2)19-11-16-9(12)15-10(17-11)13-6-8-4-3-5-14-18-8/h3-5,7H,6H2,1-2H3,(H3,12,13,15,16,17). The molecule has 3 N–H and O–H groups in total. The number of hydrogen-bond acceptors (Lipinski definition) is 8. The summed E-state index contributed by atoms with van der Waals surface area (Å²) < 4.78 is 5.38. The van der Waals surface area contributed by atoms with Gasteiger partial charge in [-0.15, -0.1) is 0 Å². The molecule has 8 nitrogen and oxygen atoms in total. The summed E-state index contributed by atoms with van der Waals surface area (Å²) in [5.74, 6) is 0.445. The van der Waals surface area contributed by atoms with Gasteiger partial charge in [0.25, 0.3) is 0 Å². The molecule has 0 spiro atoms. The Labute approximate surface area is 110 Å². The minimum absolute atomic E-state index is 0.0327. The van der Waals surface area contributed by atoms with Crippen molar-refractivity contribution in [2.24, 2.45) is 0 Å². The lowest BCUT2D eigenvalue weighted by atomic mass is 10.4. The summed E-state index contributed by atoms with van der Waals surface area (Å²) in [6.45, 7) is 4.21. The fourth-order valence-corrected chi connectivity index (χ4v) is 1.31. The van der Waals surface area contributed by atoms with Crippen LogP contribution in [0.15, 0.2) is 18.3 Å². The van der Waals surface area contributed by atoms with Crippen molar-refractivity contribution in [1.82, 2.24) is 25.1 Å². The van der Waals surface area contributed by atoms with E-state index in [0.29, 0.717) is 12.5 Å². The molecule has 0 aliphatic carbocycles. The molecule has 2 aromatic heterocycles. The molecule has 0 saturated heterocycles. The molecule has 0 radical (unpaired) electrons. The van der Waals surface area contributed by atoms with Gasteiger partial charge in [0.2, 0.25) is 11.9 Å². The molecule has 0 aliphatic rings. The second kappa shape index (κ2) is 5.89. The molecule has 2 aromatic rings. The number of ether oxygens (including phenoxy) is 1. The molecule has 0 amide bonds. The molecule has 0 atom stereocenters. The van der Waals surface area contributed by atoms with Crippen molar-refractivity contribution in [1.29, 1.82) is 0 Å². The monoisotopic (exact) mass is 261 g/mol. The van der Waals surface area contributed by atoms with E-state index in [9.17, 15) is 0 Å². The molecule has 19 heavy (non-hydrogen) atoms. The van der Waals surface area contributed by atoms with Gasteiger partial charge in [0.1, 0.15) is 0 Å². The Morgan fingerprint density at radius 3 is 2.84 bits per heavy atom. The molecule has 8 heteroatoms. The fraction of sp³-hybridized carbons (Fsp3) is 0.364. The number of nitrogens with zero attached hydrogens (tertiary/aromatic N) is 5. The molecule has 2 rings (SSSR count). The summed E-state index contributed by atoms with van der Waals surface area (Å²) in [7, 11) is 0. The van der Waals surface area contributed by atoms with E-state index in [1.807, 2.05) is 19.9 Å². The summed E-state index contributed by atoms with van der Waals surface area (Å²) >= 11 is 0. The smallest absolute Gasteiger partial charge is 0.323 e. The Bertz CT molecular complexity index is 532. The van der Waals surface area contributed by atoms with Crippen molar-refractivity contribution < 1.29 is 4.74 Å². The normalized spacial score (nSPS) is 10.5. The Morgan fingerprint density at radius 1 is 1.32 bits per heavy atom. The van der Waals surface area contributed by atoms with Crippen LogP contribution < -0.4 is 15.8 Å². The third-order valence-corrected chi connectivity index (χ3v) is 2.03. The fourth-order valence-electron chi connectivity index (χ4n) is 1.31. The second-order valence-corrected chi connectivity index (χ2v) is 4.03. The molecule has 0 unspecified atom stereocenters. The molecule has 0 aliphatic heterocycles. The third kappa shape index (κ3) is 4.02. The van der Waals surface area contributed by atoms with Crippen LogP contribution in [0.5, 0.6) is 6.01 Å². The molecular formula is C11H15N7O. The number of aromatic nitrogens is 5. The van der Waals surface area contributed by atoms with Gasteiger partial charge < -0.3 is 15.8 Å². The second-order valence-electron chi connectivity index (χ2n) is 4.03. The van der Waals surface area contributed by atoms with E-state index >= 15 is 0 Å². The van der Waals surface area contributed by atoms with E-state index in [0.717, 1.165) is 5.69 Å². The molecule has 100 valence electrons. The van der Waals surface area contributed by atoms with Crippen LogP contribution in [-0.2, 0) is 6.54 Å². The van der Waals surface area contributed by atoms with Gasteiger partial charge in [-0.3, -0.25) is 0 Å². The van der Waals surface area contributed by atoms with Crippen molar-refractivity contribution in [3.63, 3.8) is 0 Å². The van der Waals surface area contributed by atoms with Crippen molar-refractivity contribution in [3.8, 4) is 6.01 Å². The van der Waals surface area contributed by atoms with Gasteiger partial charge in [0.15, 0.2) is 0 Å². The van der Waals surface area contributed by atoms with Crippen molar-refractivity contribution in [2.75, 3.05) is 11.1 Å². The van der Waals surface area contributed by atoms with Gasteiger partial charge >= 0.3 is 6.01 Å². The first-order valence-corrected chi connectivity index (χ1v) is 5.82. The average molecular weight is 261 g/mol. The van der Waals surface area contributed by atoms with E-state index in [1.54, 1.807) is 12.3 Å². The quantitative estimate of drug-likeness (QED) is 0.806. The molecule has 0 fully saturated rings. The van der Waals surface area contributed by atoms with E-state index < -0.39 is 0 Å². The van der Waals surface area contributed by atoms with Crippen LogP contribution in [0.1, 0.15) is 19.5 Å². The Balaban J connectivity index is 2.05. The van der Waals surface area contributed by atoms with Gasteiger partial charge in [-0.25, -0.2) is 0 Å². The van der Waals surface area contributed by atoms with Gasteiger partial charge in [-0.1, -0.05) is 0 Å². The van der Waals surface area contributed by atoms with E-state index in [1.165, 1.54) is 0 Å². The SMILES string of the molecule is CC(C)Oc1nc(N)nc(NCc2cccnn2)n1. The highest BCUT2D eigenvalue weighted by Crippen LogP contribution is 2.11. The zero-order valence-corrected chi connectivity index (χ0v) is 10.7. The molecule has 2 heterocycles. The first-order valence-electron chi connectivity index (χ1n) is 5.82. The van der Waals surface area contributed by atoms with Crippen LogP contribution in [0, 0.1) is 0 Å². The van der Waals surface area contributed by atoms with Crippen LogP contribution in [0.3, 0.4) is 0 Å². The Morgan fingerprint density at radius 2 is 2.16 bits per heavy atom. The van der Waals surface area contributed by atoms with Gasteiger partial charge in [-0.2, -0.15) is 25.1 Å². The Kier molecular flexibility index (Phi) is 4.01. The first-order chi connectivity index (χ1) is 9.13. The van der Waals surface area contributed by atoms with Gasteiger partial charge in [0, 0.05) is 6.20 Å². The lowest BCUT2D eigenvalue weighted by Crippen LogP contribution is -2.13. The highest BCUT2D eigenvalue weighted by molar-refractivity contribution is 5.33. The summed E-state index contributed by atoms with van der Waals surface area (Å²) in [4.78, 5) is 12.0. The summed E-state index contributed by atoms with van der Waals surface area (Å²) in [5, 5.41) is 10.7. The Hall–Kier alpha value is -2.51. The highest BCUT2D eigenvalue weighted by atomic mass is 16.5. The van der Waals surface area contributed by atoms with Crippen LogP contribution in [0.25, 0.3) is 0 Å². The zero-order valence-electron chi connectivity index (χ0n) is 10.7. The van der Waals surface area contributed by atoms with Gasteiger partial charge in [0.05, 0.1) is 18.3 Å². The zero-order chi connectivity index (χ0) is 13.7. The third-order valence-electron chi connectivity index (χ3n) is 2.03. The van der Waals surface area contributed by atoms with E-state index in [4.69, 9.17) is 10.5 Å². The lowest BCUT2D eigenvalue weighted by molar-refractivity contribution is 0.222. The molecular weight excluding hydrogens is 246 g/mol. The molecule has 0 saturated carbocycles. The number of anilines is 2. The minimum atomic E-state index is -0.0327. The summed E-state index contributed by atoms with van der Waals surface area (Å²) in [5.41, 5.74) is 6.37. The predicted molar refractivity (Wildman–Crippen MR) is 69.4 cm³/mol. The predicted octanol–water partition coefficient (Wildman–Crippen LogP) is 0.643. The molecule has 0 aromatic carbocycles. The van der Waals surface area contributed by atoms with Crippen molar-refractivity contribution >= 4 is 11.9 Å². The summed E-state index contributed by atoms with van der Waals surface area (Å²) in [6, 6.07) is 3.85. The van der Waals surface area contributed by atoms with Crippen LogP contribution >= 0.6 is 0 Å². The minimum Gasteiger partial charge on any atom is -0.461 e. The van der Waals surface area contributed by atoms with Crippen LogP contribution in [0.2, 0.25) is 0 Å². The highest BCUT2D eigenvalue weighted by Gasteiger charge is 2.07. The van der Waals surface area contributed by atoms with Crippen molar-refractivity contribution in [2.45, 2.75) is 26.5 Å². The summed E-state index contributed by atoms with van der Waals surface area (Å²) in [6.07, 6.45) is 1.58. The average Bonchev–Trinajstić information content (AvgIpc) is 2.36. The van der Waals surface area contributed by atoms with Crippen molar-refractivity contribution in [3.05, 3.63) is 24.0 Å². The van der Waals surface area contributed by atoms with Crippen LogP contribution in [0.4, 0.5) is 11.9 Å². The van der Waals surface area contributed by atoms with E-state index in [-0.39, 0.29) is 18.1 Å². The maximum absolute atomic E-state index is 5.59. The number of hydrogen-bond donors (Lipinski definition) is 2. The van der Waals surface area contributed by atoms with Gasteiger partial charge in [-0.05, 0) is 26.0 Å². The maximum atomic E-state index is 5.59. The van der Waals surface area contributed by atoms with E-state index in [2.05, 4.69) is 30.5 Å². The van der Waals surface area contributed by atoms with Crippen LogP contribution in [-0.4, -0.2) is 31.3 Å².